The van der Waals surface area contributed by atoms with Crippen LogP contribution in [-0.4, -0.2) is 5.10 Å². The van der Waals surface area contributed by atoms with Gasteiger partial charge in [0.15, 0.2) is 0 Å². The number of rotatable bonds is 2. The van der Waals surface area contributed by atoms with Crippen LogP contribution in [0.15, 0.2) is 28.4 Å². The SMILES string of the molecule is [C-]#[N+]c1c(C(C)(C)C)n[n-]c1N=Nc1cc(C(C)(C)C)ccc1[O-]. The quantitative estimate of drug-likeness (QED) is 0.595. The van der Waals surface area contributed by atoms with Crippen molar-refractivity contribution in [1.29, 1.82) is 0 Å². The molecule has 0 N–H and O–H groups in total. The minimum atomic E-state index is -0.309. The summed E-state index contributed by atoms with van der Waals surface area (Å²) in [6.07, 6.45) is 0. The normalized spacial score (nSPS) is 12.5. The molecule has 1 heterocycles. The van der Waals surface area contributed by atoms with Gasteiger partial charge >= 0.3 is 0 Å². The molecule has 0 aliphatic carbocycles. The second-order valence-electron chi connectivity index (χ2n) is 7.72. The van der Waals surface area contributed by atoms with Crippen molar-refractivity contribution >= 4 is 17.2 Å². The third-order valence-corrected chi connectivity index (χ3v) is 3.58. The van der Waals surface area contributed by atoms with Crippen LogP contribution < -0.4 is 10.2 Å². The van der Waals surface area contributed by atoms with Gasteiger partial charge in [0.2, 0.25) is 5.69 Å². The lowest BCUT2D eigenvalue weighted by Crippen LogP contribution is -2.11. The van der Waals surface area contributed by atoms with Crippen molar-refractivity contribution < 1.29 is 5.11 Å². The first kappa shape index (κ1) is 17.7. The average molecular weight is 323 g/mol. The van der Waals surface area contributed by atoms with Gasteiger partial charge in [-0.25, -0.2) is 4.85 Å². The fraction of sp³-hybridized carbons (Fsp3) is 0.444. The summed E-state index contributed by atoms with van der Waals surface area (Å²) in [6.45, 7) is 19.4. The Morgan fingerprint density at radius 2 is 1.75 bits per heavy atom. The lowest BCUT2D eigenvalue weighted by atomic mass is 9.87. The van der Waals surface area contributed by atoms with Crippen LogP contribution in [0.3, 0.4) is 0 Å². The molecule has 1 aromatic carbocycles. The highest BCUT2D eigenvalue weighted by Gasteiger charge is 2.21. The van der Waals surface area contributed by atoms with Gasteiger partial charge in [-0.05, 0) is 28.3 Å². The van der Waals surface area contributed by atoms with Crippen LogP contribution in [0.5, 0.6) is 5.75 Å². The van der Waals surface area contributed by atoms with Gasteiger partial charge < -0.3 is 15.3 Å². The van der Waals surface area contributed by atoms with Crippen LogP contribution in [0.1, 0.15) is 52.8 Å². The first-order chi connectivity index (χ1) is 11.0. The molecule has 0 aliphatic rings. The molecular weight excluding hydrogens is 302 g/mol. The number of hydrogen-bond acceptors (Lipinski definition) is 4. The molecular formula is C18H21N5O-2. The van der Waals surface area contributed by atoms with E-state index < -0.39 is 0 Å². The zero-order valence-corrected chi connectivity index (χ0v) is 14.9. The van der Waals surface area contributed by atoms with Gasteiger partial charge in [-0.3, -0.25) is 10.2 Å². The van der Waals surface area contributed by atoms with Gasteiger partial charge in [0.25, 0.3) is 0 Å². The summed E-state index contributed by atoms with van der Waals surface area (Å²) >= 11 is 0. The number of hydrogen-bond donors (Lipinski definition) is 0. The second kappa shape index (κ2) is 6.08. The van der Waals surface area contributed by atoms with E-state index in [2.05, 4.69) is 46.0 Å². The maximum Gasteiger partial charge on any atom is 0.210 e. The van der Waals surface area contributed by atoms with E-state index in [1.54, 1.807) is 12.1 Å². The highest BCUT2D eigenvalue weighted by Crippen LogP contribution is 2.38. The molecule has 0 bridgehead atoms. The van der Waals surface area contributed by atoms with Crippen molar-refractivity contribution in [1.82, 2.24) is 10.2 Å². The van der Waals surface area contributed by atoms with Gasteiger partial charge in [-0.1, -0.05) is 59.4 Å². The largest absolute Gasteiger partial charge is 0.871 e. The van der Waals surface area contributed by atoms with Crippen molar-refractivity contribution in [3.8, 4) is 5.75 Å². The summed E-state index contributed by atoms with van der Waals surface area (Å²) in [6, 6.07) is 5.01. The predicted molar refractivity (Wildman–Crippen MR) is 91.3 cm³/mol. The molecule has 6 nitrogen and oxygen atoms in total. The maximum absolute atomic E-state index is 12.0. The Balaban J connectivity index is 2.43. The lowest BCUT2D eigenvalue weighted by Gasteiger charge is -2.22. The van der Waals surface area contributed by atoms with E-state index in [-0.39, 0.29) is 33.8 Å². The Bertz CT molecular complexity index is 809. The van der Waals surface area contributed by atoms with Crippen molar-refractivity contribution in [3.63, 3.8) is 0 Å². The maximum atomic E-state index is 12.0. The molecule has 0 spiro atoms. The van der Waals surface area contributed by atoms with Crippen molar-refractivity contribution in [2.75, 3.05) is 0 Å². The number of azo groups is 1. The summed E-state index contributed by atoms with van der Waals surface area (Å²) in [7, 11) is 0. The highest BCUT2D eigenvalue weighted by atomic mass is 16.3. The Morgan fingerprint density at radius 1 is 1.08 bits per heavy atom. The third-order valence-electron chi connectivity index (χ3n) is 3.58. The van der Waals surface area contributed by atoms with E-state index in [4.69, 9.17) is 6.57 Å². The molecule has 2 rings (SSSR count). The molecule has 0 aliphatic heterocycles. The van der Waals surface area contributed by atoms with E-state index in [0.717, 1.165) is 5.56 Å². The van der Waals surface area contributed by atoms with Crippen LogP contribution in [0.4, 0.5) is 17.2 Å². The number of aromatic nitrogens is 2. The summed E-state index contributed by atoms with van der Waals surface area (Å²) < 4.78 is 0. The second-order valence-corrected chi connectivity index (χ2v) is 7.72. The van der Waals surface area contributed by atoms with Gasteiger partial charge in [0, 0.05) is 0 Å². The van der Waals surface area contributed by atoms with Crippen molar-refractivity contribution in [3.05, 3.63) is 40.9 Å². The lowest BCUT2D eigenvalue weighted by molar-refractivity contribution is -0.267. The summed E-state index contributed by atoms with van der Waals surface area (Å²) in [5, 5.41) is 28.0. The number of benzene rings is 1. The van der Waals surface area contributed by atoms with E-state index >= 15 is 0 Å². The molecule has 0 amide bonds. The highest BCUT2D eigenvalue weighted by molar-refractivity contribution is 5.66. The standard InChI is InChI=1S/C18H22N5O/c1-17(2,3)11-8-9-13(24)12(10-11)20-22-16-14(19-7)15(21-23-16)18(4,5)6/h8-10H,1-6H3,(H-,20,21,22,23,24)/q-1/p-1. The van der Waals surface area contributed by atoms with Gasteiger partial charge in [0.1, 0.15) is 0 Å². The van der Waals surface area contributed by atoms with Crippen LogP contribution in [-0.2, 0) is 10.8 Å². The summed E-state index contributed by atoms with van der Waals surface area (Å²) in [4.78, 5) is 3.48. The van der Waals surface area contributed by atoms with E-state index in [0.29, 0.717) is 5.69 Å². The first-order valence-corrected chi connectivity index (χ1v) is 7.68. The third kappa shape index (κ3) is 3.62. The molecule has 0 radical (unpaired) electrons. The van der Waals surface area contributed by atoms with E-state index in [1.807, 2.05) is 20.8 Å². The fourth-order valence-corrected chi connectivity index (χ4v) is 2.14. The van der Waals surface area contributed by atoms with Gasteiger partial charge in [-0.15, -0.1) is 0 Å². The topological polar surface area (TPSA) is 79.1 Å². The first-order valence-electron chi connectivity index (χ1n) is 7.68. The minimum Gasteiger partial charge on any atom is -0.871 e. The molecule has 0 saturated carbocycles. The molecule has 6 heteroatoms. The molecule has 0 atom stereocenters. The molecule has 0 saturated heterocycles. The van der Waals surface area contributed by atoms with Gasteiger partial charge in [0.05, 0.1) is 18.0 Å². The molecule has 2 aromatic rings. The van der Waals surface area contributed by atoms with Crippen LogP contribution in [0, 0.1) is 6.57 Å². The average Bonchev–Trinajstić information content (AvgIpc) is 2.88. The Morgan fingerprint density at radius 3 is 2.29 bits per heavy atom. The summed E-state index contributed by atoms with van der Waals surface area (Å²) in [5.74, 6) is -0.0674. The monoisotopic (exact) mass is 323 g/mol. The zero-order valence-electron chi connectivity index (χ0n) is 14.9. The molecule has 0 unspecified atom stereocenters. The Kier molecular flexibility index (Phi) is 4.48. The van der Waals surface area contributed by atoms with E-state index in [1.165, 1.54) is 6.07 Å². The zero-order chi connectivity index (χ0) is 18.1. The minimum absolute atomic E-state index is 0.0981. The van der Waals surface area contributed by atoms with Crippen molar-refractivity contribution in [2.24, 2.45) is 10.2 Å². The van der Waals surface area contributed by atoms with Crippen LogP contribution in [0.2, 0.25) is 0 Å². The molecule has 24 heavy (non-hydrogen) atoms. The smallest absolute Gasteiger partial charge is 0.210 e. The van der Waals surface area contributed by atoms with Crippen molar-refractivity contribution in [2.45, 2.75) is 52.4 Å². The Labute approximate surface area is 142 Å². The van der Waals surface area contributed by atoms with Crippen LogP contribution in [0.25, 0.3) is 4.85 Å². The summed E-state index contributed by atoms with van der Waals surface area (Å²) in [5.41, 5.74) is 1.68. The van der Waals surface area contributed by atoms with E-state index in [9.17, 15) is 5.11 Å². The molecule has 1 aromatic heterocycles. The number of nitrogens with zero attached hydrogens (tertiary/aromatic N) is 5. The Hall–Kier alpha value is -2.68. The van der Waals surface area contributed by atoms with Crippen LogP contribution >= 0.6 is 0 Å². The fourth-order valence-electron chi connectivity index (χ4n) is 2.14. The predicted octanol–water partition coefficient (Wildman–Crippen LogP) is 4.67. The van der Waals surface area contributed by atoms with Gasteiger partial charge in [-0.2, -0.15) is 0 Å². The molecule has 126 valence electrons. The molecule has 0 fully saturated rings.